The number of methoxy groups -OCH3 is 1. The van der Waals surface area contributed by atoms with Crippen molar-refractivity contribution in [2.24, 2.45) is 0 Å². The van der Waals surface area contributed by atoms with Gasteiger partial charge in [0.05, 0.1) is 7.11 Å². The fraction of sp³-hybridized carbons (Fsp3) is 0.250. The minimum atomic E-state index is 0.905. The zero-order chi connectivity index (χ0) is 17.3. The van der Waals surface area contributed by atoms with Gasteiger partial charge >= 0.3 is 0 Å². The topological polar surface area (TPSA) is 9.23 Å². The molecule has 0 aliphatic heterocycles. The van der Waals surface area contributed by atoms with Gasteiger partial charge in [0.2, 0.25) is 0 Å². The van der Waals surface area contributed by atoms with E-state index in [0.29, 0.717) is 0 Å². The maximum absolute atomic E-state index is 5.26. The van der Waals surface area contributed by atoms with Gasteiger partial charge in [-0.25, -0.2) is 0 Å². The van der Waals surface area contributed by atoms with Crippen molar-refractivity contribution in [2.45, 2.75) is 32.1 Å². The predicted octanol–water partition coefficient (Wildman–Crippen LogP) is 6.32. The van der Waals surface area contributed by atoms with Crippen LogP contribution in [-0.4, -0.2) is 7.11 Å². The quantitative estimate of drug-likeness (QED) is 0.439. The first-order valence-electron chi connectivity index (χ1n) is 9.13. The molecule has 0 amide bonds. The molecule has 0 saturated heterocycles. The number of rotatable bonds is 8. The highest BCUT2D eigenvalue weighted by molar-refractivity contribution is 5.68. The maximum atomic E-state index is 5.26. The van der Waals surface area contributed by atoms with Crippen molar-refractivity contribution in [2.75, 3.05) is 7.11 Å². The third-order valence-electron chi connectivity index (χ3n) is 4.67. The Bertz CT molecular complexity index is 760. The van der Waals surface area contributed by atoms with Gasteiger partial charge in [0.15, 0.2) is 0 Å². The molecule has 0 saturated carbocycles. The van der Waals surface area contributed by atoms with Gasteiger partial charge in [0.1, 0.15) is 5.75 Å². The fourth-order valence-electron chi connectivity index (χ4n) is 3.26. The van der Waals surface area contributed by atoms with Crippen molar-refractivity contribution >= 4 is 0 Å². The van der Waals surface area contributed by atoms with E-state index < -0.39 is 0 Å². The van der Waals surface area contributed by atoms with Gasteiger partial charge in [-0.3, -0.25) is 0 Å². The summed E-state index contributed by atoms with van der Waals surface area (Å²) in [5.41, 5.74) is 5.49. The first kappa shape index (κ1) is 17.3. The second-order valence-electron chi connectivity index (χ2n) is 6.43. The molecule has 1 heteroatoms. The molecule has 0 spiro atoms. The molecule has 0 aliphatic rings. The Balaban J connectivity index is 1.55. The normalized spacial score (nSPS) is 10.6. The van der Waals surface area contributed by atoms with Gasteiger partial charge in [-0.2, -0.15) is 0 Å². The van der Waals surface area contributed by atoms with E-state index in [2.05, 4.69) is 66.7 Å². The first-order chi connectivity index (χ1) is 12.4. The number of aryl methyl sites for hydroxylation is 2. The molecule has 0 radical (unpaired) electrons. The van der Waals surface area contributed by atoms with Crippen LogP contribution in [0.1, 0.15) is 30.4 Å². The van der Waals surface area contributed by atoms with E-state index in [9.17, 15) is 0 Å². The van der Waals surface area contributed by atoms with Crippen LogP contribution in [0.5, 0.6) is 5.75 Å². The molecule has 0 unspecified atom stereocenters. The van der Waals surface area contributed by atoms with Gasteiger partial charge in [-0.05, 0) is 60.1 Å². The van der Waals surface area contributed by atoms with Gasteiger partial charge in [-0.1, -0.05) is 73.2 Å². The van der Waals surface area contributed by atoms with Crippen molar-refractivity contribution in [3.63, 3.8) is 0 Å². The van der Waals surface area contributed by atoms with E-state index in [4.69, 9.17) is 4.74 Å². The molecular formula is C24H26O. The molecule has 0 heterocycles. The van der Waals surface area contributed by atoms with Crippen LogP contribution in [0.2, 0.25) is 0 Å². The van der Waals surface area contributed by atoms with Crippen LogP contribution in [0.3, 0.4) is 0 Å². The molecule has 3 aromatic rings. The van der Waals surface area contributed by atoms with Crippen molar-refractivity contribution in [3.8, 4) is 16.9 Å². The van der Waals surface area contributed by atoms with Crippen LogP contribution in [-0.2, 0) is 12.8 Å². The van der Waals surface area contributed by atoms with Crippen LogP contribution in [0.15, 0.2) is 78.9 Å². The molecule has 1 nitrogen and oxygen atoms in total. The average Bonchev–Trinajstić information content (AvgIpc) is 2.69. The summed E-state index contributed by atoms with van der Waals surface area (Å²) in [5.74, 6) is 0.905. The Morgan fingerprint density at radius 2 is 1.32 bits per heavy atom. The number of benzene rings is 3. The van der Waals surface area contributed by atoms with E-state index in [-0.39, 0.29) is 0 Å². The van der Waals surface area contributed by atoms with E-state index in [1.807, 2.05) is 12.1 Å². The van der Waals surface area contributed by atoms with Crippen molar-refractivity contribution in [1.82, 2.24) is 0 Å². The second kappa shape index (κ2) is 9.08. The Morgan fingerprint density at radius 3 is 2.08 bits per heavy atom. The van der Waals surface area contributed by atoms with Gasteiger partial charge in [0.25, 0.3) is 0 Å². The Labute approximate surface area is 151 Å². The van der Waals surface area contributed by atoms with Crippen LogP contribution in [0, 0.1) is 0 Å². The largest absolute Gasteiger partial charge is 0.497 e. The zero-order valence-electron chi connectivity index (χ0n) is 14.9. The molecule has 0 aromatic heterocycles. The molecule has 0 N–H and O–H groups in total. The number of hydrogen-bond donors (Lipinski definition) is 0. The van der Waals surface area contributed by atoms with Crippen LogP contribution in [0.25, 0.3) is 11.1 Å². The highest BCUT2D eigenvalue weighted by Gasteiger charge is 2.05. The Hall–Kier alpha value is -2.54. The van der Waals surface area contributed by atoms with Crippen molar-refractivity contribution < 1.29 is 4.74 Å². The maximum Gasteiger partial charge on any atom is 0.118 e. The second-order valence-corrected chi connectivity index (χ2v) is 6.43. The van der Waals surface area contributed by atoms with E-state index >= 15 is 0 Å². The molecule has 0 atom stereocenters. The molecule has 25 heavy (non-hydrogen) atoms. The summed E-state index contributed by atoms with van der Waals surface area (Å²) in [7, 11) is 1.71. The molecule has 0 fully saturated rings. The number of hydrogen-bond acceptors (Lipinski definition) is 1. The van der Waals surface area contributed by atoms with Crippen LogP contribution < -0.4 is 4.74 Å². The SMILES string of the molecule is COc1ccc(-c2ccccc2CCCCCc2ccccc2)cc1. The Morgan fingerprint density at radius 1 is 0.640 bits per heavy atom. The number of ether oxygens (including phenoxy) is 1. The molecule has 3 rings (SSSR count). The first-order valence-corrected chi connectivity index (χ1v) is 9.13. The lowest BCUT2D eigenvalue weighted by molar-refractivity contribution is 0.415. The Kier molecular flexibility index (Phi) is 6.28. The predicted molar refractivity (Wildman–Crippen MR) is 106 cm³/mol. The molecule has 0 aliphatic carbocycles. The third kappa shape index (κ3) is 4.96. The summed E-state index contributed by atoms with van der Waals surface area (Å²) in [6.45, 7) is 0. The van der Waals surface area contributed by atoms with E-state index in [1.54, 1.807) is 7.11 Å². The summed E-state index contributed by atoms with van der Waals surface area (Å²) < 4.78 is 5.26. The van der Waals surface area contributed by atoms with Crippen LogP contribution >= 0.6 is 0 Å². The average molecular weight is 330 g/mol. The van der Waals surface area contributed by atoms with Crippen molar-refractivity contribution in [1.29, 1.82) is 0 Å². The smallest absolute Gasteiger partial charge is 0.118 e. The monoisotopic (exact) mass is 330 g/mol. The minimum Gasteiger partial charge on any atom is -0.497 e. The van der Waals surface area contributed by atoms with Crippen LogP contribution in [0.4, 0.5) is 0 Å². The van der Waals surface area contributed by atoms with Crippen molar-refractivity contribution in [3.05, 3.63) is 90.0 Å². The summed E-state index contributed by atoms with van der Waals surface area (Å²) in [6.07, 6.45) is 6.08. The number of unbranched alkanes of at least 4 members (excludes halogenated alkanes) is 2. The third-order valence-corrected chi connectivity index (χ3v) is 4.67. The standard InChI is InChI=1S/C24H26O/c1-25-23-18-16-22(17-19-23)24-15-9-8-14-21(24)13-7-3-6-12-20-10-4-2-5-11-20/h2,4-5,8-11,14-19H,3,6-7,12-13H2,1H3. The minimum absolute atomic E-state index is 0.905. The lowest BCUT2D eigenvalue weighted by Crippen LogP contribution is -1.92. The zero-order valence-corrected chi connectivity index (χ0v) is 14.9. The summed E-state index contributed by atoms with van der Waals surface area (Å²) in [4.78, 5) is 0. The molecule has 0 bridgehead atoms. The molecule has 3 aromatic carbocycles. The summed E-state index contributed by atoms with van der Waals surface area (Å²) in [5, 5.41) is 0. The van der Waals surface area contributed by atoms with Gasteiger partial charge in [0, 0.05) is 0 Å². The molecule has 128 valence electrons. The lowest BCUT2D eigenvalue weighted by Gasteiger charge is -2.10. The highest BCUT2D eigenvalue weighted by atomic mass is 16.5. The van der Waals surface area contributed by atoms with E-state index in [1.165, 1.54) is 47.9 Å². The summed E-state index contributed by atoms with van der Waals surface area (Å²) in [6, 6.07) is 27.9. The van der Waals surface area contributed by atoms with Gasteiger partial charge < -0.3 is 4.74 Å². The fourth-order valence-corrected chi connectivity index (χ4v) is 3.26. The molecular weight excluding hydrogens is 304 g/mol. The highest BCUT2D eigenvalue weighted by Crippen LogP contribution is 2.27. The summed E-state index contributed by atoms with van der Waals surface area (Å²) >= 11 is 0. The van der Waals surface area contributed by atoms with E-state index in [0.717, 1.165) is 12.2 Å². The lowest BCUT2D eigenvalue weighted by atomic mass is 9.95. The van der Waals surface area contributed by atoms with Gasteiger partial charge in [-0.15, -0.1) is 0 Å².